The molecule has 0 aliphatic carbocycles. The Kier molecular flexibility index (Phi) is 3.67. The van der Waals surface area contributed by atoms with Crippen LogP contribution >= 0.6 is 0 Å². The minimum absolute atomic E-state index is 0.0985. The molecule has 1 aromatic heterocycles. The zero-order valence-electron chi connectivity index (χ0n) is 8.18. The van der Waals surface area contributed by atoms with Crippen LogP contribution in [0.5, 0.6) is 5.75 Å². The van der Waals surface area contributed by atoms with Gasteiger partial charge in [0.25, 0.3) is 12.1 Å². The summed E-state index contributed by atoms with van der Waals surface area (Å²) in [4.78, 5) is 12.9. The molecular formula is C8H8F2N2O4. The van der Waals surface area contributed by atoms with E-state index in [1.807, 2.05) is 0 Å². The Hall–Kier alpha value is -1.83. The van der Waals surface area contributed by atoms with Crippen LogP contribution in [-0.2, 0) is 6.61 Å². The SMILES string of the molecule is COc1cc([N+](=O)[O-])c(C(F)F)nc1CO. The molecule has 0 spiro atoms. The van der Waals surface area contributed by atoms with Gasteiger partial charge in [-0.3, -0.25) is 10.1 Å². The molecule has 1 aromatic rings. The van der Waals surface area contributed by atoms with Crippen molar-refractivity contribution in [3.05, 3.63) is 27.6 Å². The number of rotatable bonds is 4. The van der Waals surface area contributed by atoms with E-state index in [1.165, 1.54) is 7.11 Å². The van der Waals surface area contributed by atoms with Crippen molar-refractivity contribution in [2.45, 2.75) is 13.0 Å². The summed E-state index contributed by atoms with van der Waals surface area (Å²) < 4.78 is 29.6. The van der Waals surface area contributed by atoms with Crippen LogP contribution in [0.15, 0.2) is 6.07 Å². The zero-order valence-corrected chi connectivity index (χ0v) is 8.18. The summed E-state index contributed by atoms with van der Waals surface area (Å²) in [5.74, 6) is -0.0985. The molecule has 0 atom stereocenters. The van der Waals surface area contributed by atoms with Gasteiger partial charge in [-0.25, -0.2) is 13.8 Å². The van der Waals surface area contributed by atoms with Crippen LogP contribution in [0.1, 0.15) is 17.8 Å². The van der Waals surface area contributed by atoms with E-state index in [-0.39, 0.29) is 11.4 Å². The minimum Gasteiger partial charge on any atom is -0.494 e. The van der Waals surface area contributed by atoms with Gasteiger partial charge >= 0.3 is 0 Å². The fraction of sp³-hybridized carbons (Fsp3) is 0.375. The van der Waals surface area contributed by atoms with E-state index < -0.39 is 29.3 Å². The predicted molar refractivity (Wildman–Crippen MR) is 48.3 cm³/mol. The zero-order chi connectivity index (χ0) is 12.3. The van der Waals surface area contributed by atoms with Crippen molar-refractivity contribution >= 4 is 5.69 Å². The fourth-order valence-corrected chi connectivity index (χ4v) is 1.14. The molecule has 0 radical (unpaired) electrons. The van der Waals surface area contributed by atoms with Gasteiger partial charge in [-0.2, -0.15) is 0 Å². The van der Waals surface area contributed by atoms with Crippen LogP contribution in [-0.4, -0.2) is 22.1 Å². The molecule has 0 saturated carbocycles. The summed E-state index contributed by atoms with van der Waals surface area (Å²) in [5, 5.41) is 19.3. The van der Waals surface area contributed by atoms with Crippen LogP contribution in [0.3, 0.4) is 0 Å². The molecule has 6 nitrogen and oxygen atoms in total. The average molecular weight is 234 g/mol. The van der Waals surface area contributed by atoms with Gasteiger partial charge in [-0.15, -0.1) is 0 Å². The van der Waals surface area contributed by atoms with Crippen LogP contribution in [0.25, 0.3) is 0 Å². The third-order valence-corrected chi connectivity index (χ3v) is 1.84. The van der Waals surface area contributed by atoms with E-state index in [0.29, 0.717) is 0 Å². The molecule has 0 unspecified atom stereocenters. The molecule has 8 heteroatoms. The van der Waals surface area contributed by atoms with Crippen molar-refractivity contribution in [2.75, 3.05) is 7.11 Å². The number of halogens is 2. The highest BCUT2D eigenvalue weighted by molar-refractivity contribution is 5.45. The lowest BCUT2D eigenvalue weighted by atomic mass is 10.2. The lowest BCUT2D eigenvalue weighted by Gasteiger charge is -2.08. The second-order valence-corrected chi connectivity index (χ2v) is 2.76. The number of nitrogens with zero attached hydrogens (tertiary/aromatic N) is 2. The summed E-state index contributed by atoms with van der Waals surface area (Å²) in [6, 6.07) is 0.819. The van der Waals surface area contributed by atoms with E-state index in [1.54, 1.807) is 0 Å². The molecule has 0 fully saturated rings. The molecule has 88 valence electrons. The van der Waals surface area contributed by atoms with Gasteiger partial charge in [0.2, 0.25) is 0 Å². The number of ether oxygens (including phenoxy) is 1. The molecule has 16 heavy (non-hydrogen) atoms. The Morgan fingerprint density at radius 1 is 1.69 bits per heavy atom. The number of methoxy groups -OCH3 is 1. The Bertz CT molecular complexity index is 411. The summed E-state index contributed by atoms with van der Waals surface area (Å²) in [6.07, 6.45) is -3.09. The van der Waals surface area contributed by atoms with E-state index in [0.717, 1.165) is 6.07 Å². The number of aromatic nitrogens is 1. The highest BCUT2D eigenvalue weighted by atomic mass is 19.3. The Morgan fingerprint density at radius 3 is 2.69 bits per heavy atom. The smallest absolute Gasteiger partial charge is 0.300 e. The van der Waals surface area contributed by atoms with Gasteiger partial charge in [0.1, 0.15) is 11.4 Å². The first-order valence-electron chi connectivity index (χ1n) is 4.12. The molecule has 1 N–H and O–H groups in total. The van der Waals surface area contributed by atoms with Crippen LogP contribution < -0.4 is 4.74 Å². The van der Waals surface area contributed by atoms with Crippen molar-refractivity contribution in [3.8, 4) is 5.75 Å². The van der Waals surface area contributed by atoms with Crippen molar-refractivity contribution in [2.24, 2.45) is 0 Å². The first-order valence-corrected chi connectivity index (χ1v) is 4.12. The van der Waals surface area contributed by atoms with Gasteiger partial charge < -0.3 is 9.84 Å². The molecule has 0 aliphatic rings. The number of hydrogen-bond acceptors (Lipinski definition) is 5. The Morgan fingerprint density at radius 2 is 2.31 bits per heavy atom. The summed E-state index contributed by atoms with van der Waals surface area (Å²) in [6.45, 7) is -0.638. The number of aliphatic hydroxyl groups is 1. The number of alkyl halides is 2. The highest BCUT2D eigenvalue weighted by Gasteiger charge is 2.26. The molecular weight excluding hydrogens is 226 g/mol. The minimum atomic E-state index is -3.09. The first-order chi connectivity index (χ1) is 7.51. The van der Waals surface area contributed by atoms with Gasteiger partial charge in [-0.1, -0.05) is 0 Å². The second kappa shape index (κ2) is 4.79. The monoisotopic (exact) mass is 234 g/mol. The second-order valence-electron chi connectivity index (χ2n) is 2.76. The van der Waals surface area contributed by atoms with Gasteiger partial charge in [0, 0.05) is 0 Å². The molecule has 0 bridgehead atoms. The number of hydrogen-bond donors (Lipinski definition) is 1. The van der Waals surface area contributed by atoms with Gasteiger partial charge in [0.05, 0.1) is 24.7 Å². The number of nitro groups is 1. The molecule has 0 aliphatic heterocycles. The van der Waals surface area contributed by atoms with Crippen molar-refractivity contribution < 1.29 is 23.5 Å². The lowest BCUT2D eigenvalue weighted by Crippen LogP contribution is -2.05. The van der Waals surface area contributed by atoms with Gasteiger partial charge in [0.15, 0.2) is 5.69 Å². The highest BCUT2D eigenvalue weighted by Crippen LogP contribution is 2.32. The van der Waals surface area contributed by atoms with Crippen molar-refractivity contribution in [1.82, 2.24) is 4.98 Å². The van der Waals surface area contributed by atoms with E-state index in [9.17, 15) is 18.9 Å². The summed E-state index contributed by atoms with van der Waals surface area (Å²) in [7, 11) is 1.20. The number of pyridine rings is 1. The maximum absolute atomic E-state index is 12.5. The Labute approximate surface area is 88.6 Å². The van der Waals surface area contributed by atoms with Crippen molar-refractivity contribution in [1.29, 1.82) is 0 Å². The lowest BCUT2D eigenvalue weighted by molar-refractivity contribution is -0.386. The normalized spacial score (nSPS) is 10.6. The molecule has 1 rings (SSSR count). The first kappa shape index (κ1) is 12.2. The van der Waals surface area contributed by atoms with Crippen molar-refractivity contribution in [3.63, 3.8) is 0 Å². The van der Waals surface area contributed by atoms with Crippen LogP contribution in [0.4, 0.5) is 14.5 Å². The average Bonchev–Trinajstić information content (AvgIpc) is 2.26. The molecule has 0 amide bonds. The maximum atomic E-state index is 12.5. The summed E-state index contributed by atoms with van der Waals surface area (Å²) >= 11 is 0. The predicted octanol–water partition coefficient (Wildman–Crippen LogP) is 1.43. The fourth-order valence-electron chi connectivity index (χ4n) is 1.14. The largest absolute Gasteiger partial charge is 0.494 e. The van der Waals surface area contributed by atoms with Crippen LogP contribution in [0.2, 0.25) is 0 Å². The van der Waals surface area contributed by atoms with E-state index >= 15 is 0 Å². The third kappa shape index (κ3) is 2.22. The standard InChI is InChI=1S/C8H8F2N2O4/c1-16-6-2-5(12(14)15)7(8(9)10)11-4(6)3-13/h2,8,13H,3H2,1H3. The maximum Gasteiger partial charge on any atom is 0.300 e. The molecule has 0 saturated heterocycles. The Balaban J connectivity index is 3.41. The third-order valence-electron chi connectivity index (χ3n) is 1.84. The van der Waals surface area contributed by atoms with E-state index in [2.05, 4.69) is 9.72 Å². The van der Waals surface area contributed by atoms with Crippen LogP contribution in [0, 0.1) is 10.1 Å². The quantitative estimate of drug-likeness (QED) is 0.629. The molecule has 1 heterocycles. The van der Waals surface area contributed by atoms with Gasteiger partial charge in [-0.05, 0) is 0 Å². The number of aliphatic hydroxyl groups excluding tert-OH is 1. The molecule has 0 aromatic carbocycles. The topological polar surface area (TPSA) is 85.5 Å². The summed E-state index contributed by atoms with van der Waals surface area (Å²) in [5.41, 5.74) is -1.97. The van der Waals surface area contributed by atoms with E-state index in [4.69, 9.17) is 5.11 Å².